The van der Waals surface area contributed by atoms with Crippen LogP contribution in [0.25, 0.3) is 0 Å². The maximum absolute atomic E-state index is 14.0. The number of hydrogen-bond donors (Lipinski definition) is 4. The predicted octanol–water partition coefficient (Wildman–Crippen LogP) is 3.59. The minimum atomic E-state index is -0.860. The summed E-state index contributed by atoms with van der Waals surface area (Å²) in [5, 5.41) is 8.72. The molecule has 1 heterocycles. The molecule has 1 aromatic rings. The first kappa shape index (κ1) is 52.2. The summed E-state index contributed by atoms with van der Waals surface area (Å²) in [6.45, 7) is 17.2. The van der Waals surface area contributed by atoms with E-state index in [1.807, 2.05) is 49.2 Å². The lowest BCUT2D eigenvalue weighted by Crippen LogP contribution is -2.54. The Morgan fingerprint density at radius 3 is 2.32 bits per heavy atom. The topological polar surface area (TPSA) is 191 Å². The van der Waals surface area contributed by atoms with Crippen molar-refractivity contribution >= 4 is 29.7 Å². The Hall–Kier alpha value is -3.89. The molecule has 0 radical (unpaired) electrons. The molecule has 3 amide bonds. The number of amides is 3. The number of nitrogens with zero attached hydrogens (tertiary/aromatic N) is 2. The molecule has 0 spiro atoms. The van der Waals surface area contributed by atoms with E-state index in [0.717, 1.165) is 44.3 Å². The molecule has 1 aromatic carbocycles. The summed E-state index contributed by atoms with van der Waals surface area (Å²) in [6, 6.07) is 7.76. The van der Waals surface area contributed by atoms with Crippen molar-refractivity contribution in [2.75, 3.05) is 54.1 Å². The van der Waals surface area contributed by atoms with Gasteiger partial charge in [-0.15, -0.1) is 0 Å². The lowest BCUT2D eigenvalue weighted by Gasteiger charge is -2.40. The van der Waals surface area contributed by atoms with Gasteiger partial charge < -0.3 is 40.2 Å². The molecular formula is C45H76N6O9. The Balaban J connectivity index is 2.04. The number of rotatable bonds is 29. The van der Waals surface area contributed by atoms with Gasteiger partial charge in [0.05, 0.1) is 43.4 Å². The molecule has 0 aliphatic carbocycles. The van der Waals surface area contributed by atoms with Gasteiger partial charge in [-0.25, -0.2) is 0 Å². The molecule has 15 nitrogen and oxygen atoms in total. The van der Waals surface area contributed by atoms with Crippen LogP contribution in [0, 0.1) is 17.8 Å². The van der Waals surface area contributed by atoms with Crippen LogP contribution in [0.4, 0.5) is 0 Å². The molecule has 5 N–H and O–H groups in total. The van der Waals surface area contributed by atoms with E-state index in [1.165, 1.54) is 6.08 Å². The summed E-state index contributed by atoms with van der Waals surface area (Å²) in [5.74, 6) is -1.65. The Bertz CT molecular complexity index is 1470. The third kappa shape index (κ3) is 17.6. The zero-order chi connectivity index (χ0) is 44.8. The summed E-state index contributed by atoms with van der Waals surface area (Å²) in [7, 11) is 5.24. The van der Waals surface area contributed by atoms with Gasteiger partial charge in [0.2, 0.25) is 17.7 Å². The monoisotopic (exact) mass is 845 g/mol. The maximum atomic E-state index is 14.0. The van der Waals surface area contributed by atoms with E-state index >= 15 is 0 Å². The molecule has 1 aliphatic heterocycles. The van der Waals surface area contributed by atoms with Crippen molar-refractivity contribution in [3.63, 3.8) is 0 Å². The van der Waals surface area contributed by atoms with Gasteiger partial charge in [0.25, 0.3) is 0 Å². The van der Waals surface area contributed by atoms with Crippen LogP contribution in [-0.4, -0.2) is 136 Å². The Morgan fingerprint density at radius 2 is 1.70 bits per heavy atom. The lowest BCUT2D eigenvalue weighted by molar-refractivity contribution is -0.147. The third-order valence-corrected chi connectivity index (χ3v) is 11.4. The van der Waals surface area contributed by atoms with Crippen molar-refractivity contribution in [2.45, 2.75) is 135 Å². The van der Waals surface area contributed by atoms with E-state index in [0.29, 0.717) is 12.8 Å². The van der Waals surface area contributed by atoms with Crippen LogP contribution in [-0.2, 0) is 49.3 Å². The molecule has 2 unspecified atom stereocenters. The van der Waals surface area contributed by atoms with E-state index in [1.54, 1.807) is 21.1 Å². The number of hydrogen-bond acceptors (Lipinski definition) is 12. The van der Waals surface area contributed by atoms with Crippen LogP contribution in [0.3, 0.4) is 0 Å². The number of ether oxygens (including phenoxy) is 4. The fourth-order valence-corrected chi connectivity index (χ4v) is 7.87. The number of esters is 2. The van der Waals surface area contributed by atoms with Crippen molar-refractivity contribution < 1.29 is 42.9 Å². The average Bonchev–Trinajstić information content (AvgIpc) is 3.68. The highest BCUT2D eigenvalue weighted by molar-refractivity contribution is 5.89. The number of carbonyl (C=O) groups is 5. The van der Waals surface area contributed by atoms with E-state index in [4.69, 9.17) is 24.7 Å². The number of carbonyl (C=O) groups excluding carboxylic acids is 5. The fourth-order valence-electron chi connectivity index (χ4n) is 7.87. The third-order valence-electron chi connectivity index (χ3n) is 11.4. The predicted molar refractivity (Wildman–Crippen MR) is 232 cm³/mol. The molecule has 340 valence electrons. The Morgan fingerprint density at radius 1 is 1.00 bits per heavy atom. The van der Waals surface area contributed by atoms with E-state index < -0.39 is 42.2 Å². The van der Waals surface area contributed by atoms with E-state index in [9.17, 15) is 24.0 Å². The van der Waals surface area contributed by atoms with Gasteiger partial charge in [-0.2, -0.15) is 0 Å². The minimum Gasteiger partial charge on any atom is -0.464 e. The minimum absolute atomic E-state index is 0.0211. The van der Waals surface area contributed by atoms with Gasteiger partial charge >= 0.3 is 11.9 Å². The second kappa shape index (κ2) is 27.9. The van der Waals surface area contributed by atoms with E-state index in [2.05, 4.69) is 55.1 Å². The second-order valence-electron chi connectivity index (χ2n) is 16.5. The number of likely N-dealkylation sites (N-methyl/N-ethyl adjacent to an activating group) is 1. The Kier molecular flexibility index (Phi) is 24.3. The molecule has 2 rings (SSSR count). The molecular weight excluding hydrogens is 769 g/mol. The zero-order valence-electron chi connectivity index (χ0n) is 37.8. The first-order chi connectivity index (χ1) is 28.6. The maximum Gasteiger partial charge on any atom is 0.322 e. The Labute approximate surface area is 359 Å². The lowest BCUT2D eigenvalue weighted by atomic mass is 9.90. The zero-order valence-corrected chi connectivity index (χ0v) is 37.8. The summed E-state index contributed by atoms with van der Waals surface area (Å²) in [6.07, 6.45) is 4.49. The standard InChI is InChI=1S/C45H76N6O9/c1-11-25-59-40(53)29-38(46)48-33(7)45(56)60-26-17-22-47-44(55)35(28-34-18-14-13-15-19-34)49-43(54)32(6)42(58-10)36-20-16-23-51(36)24-21-37(57-9)41(31(5)12-2)50(8)39(52)27-30(3)4/h11,13-15,18-19,30-33,35-38,41-42,48H,1,12,16-17,20-29,46H2,2-10H3,(H,47,55)(H,49,54)/t31-,32+,33?,35-,36-,37+,38?,41-,42+/m0/s1. The van der Waals surface area contributed by atoms with Gasteiger partial charge in [-0.05, 0) is 56.6 Å². The largest absolute Gasteiger partial charge is 0.464 e. The van der Waals surface area contributed by atoms with E-state index in [-0.39, 0.29) is 80.3 Å². The SMILES string of the molecule is C=CCOC(=O)CC(N)NC(C)C(=O)OCCCNC(=O)[C@H](Cc1ccccc1)NC(=O)[C@H](C)[C@@H](OC)[C@@H]1CCCN1CC[C@@H](OC)[C@H]([C@@H](C)CC)N(C)C(=O)CC(C)C. The number of benzene rings is 1. The van der Waals surface area contributed by atoms with Crippen LogP contribution in [0.1, 0.15) is 92.1 Å². The van der Waals surface area contributed by atoms with Crippen molar-refractivity contribution in [3.05, 3.63) is 48.6 Å². The quantitative estimate of drug-likeness (QED) is 0.0398. The summed E-state index contributed by atoms with van der Waals surface area (Å²) in [5.41, 5.74) is 6.81. The molecule has 1 aliphatic rings. The molecule has 15 heteroatoms. The van der Waals surface area contributed by atoms with Gasteiger partial charge in [-0.3, -0.25) is 34.2 Å². The summed E-state index contributed by atoms with van der Waals surface area (Å²) in [4.78, 5) is 69.3. The van der Waals surface area contributed by atoms with Crippen LogP contribution < -0.4 is 21.7 Å². The van der Waals surface area contributed by atoms with Crippen LogP contribution in [0.2, 0.25) is 0 Å². The normalized spacial score (nSPS) is 18.3. The van der Waals surface area contributed by atoms with Crippen molar-refractivity contribution in [3.8, 4) is 0 Å². The van der Waals surface area contributed by atoms with Gasteiger partial charge in [-0.1, -0.05) is 84.0 Å². The highest BCUT2D eigenvalue weighted by Gasteiger charge is 2.40. The molecule has 0 bridgehead atoms. The van der Waals surface area contributed by atoms with Gasteiger partial charge in [0, 0.05) is 53.2 Å². The number of nitrogens with two attached hydrogens (primary N) is 1. The molecule has 0 aromatic heterocycles. The molecule has 1 saturated heterocycles. The van der Waals surface area contributed by atoms with Gasteiger partial charge in [0.15, 0.2) is 0 Å². The molecule has 9 atom stereocenters. The van der Waals surface area contributed by atoms with Crippen LogP contribution >= 0.6 is 0 Å². The number of methoxy groups -OCH3 is 2. The smallest absolute Gasteiger partial charge is 0.322 e. The second-order valence-corrected chi connectivity index (χ2v) is 16.5. The van der Waals surface area contributed by atoms with Crippen LogP contribution in [0.15, 0.2) is 43.0 Å². The highest BCUT2D eigenvalue weighted by atomic mass is 16.5. The molecule has 60 heavy (non-hydrogen) atoms. The van der Waals surface area contributed by atoms with Crippen LogP contribution in [0.5, 0.6) is 0 Å². The highest BCUT2D eigenvalue weighted by Crippen LogP contribution is 2.29. The molecule has 0 saturated carbocycles. The first-order valence-electron chi connectivity index (χ1n) is 21.7. The average molecular weight is 845 g/mol. The number of nitrogens with one attached hydrogen (secondary N) is 3. The first-order valence-corrected chi connectivity index (χ1v) is 21.7. The van der Waals surface area contributed by atoms with Gasteiger partial charge in [0.1, 0.15) is 18.7 Å². The molecule has 1 fully saturated rings. The fraction of sp³-hybridized carbons (Fsp3) is 0.711. The summed E-state index contributed by atoms with van der Waals surface area (Å²) >= 11 is 0. The number of likely N-dealkylation sites (tertiary alicyclic amines) is 1. The summed E-state index contributed by atoms with van der Waals surface area (Å²) < 4.78 is 22.4. The van der Waals surface area contributed by atoms with Crippen molar-refractivity contribution in [1.82, 2.24) is 25.8 Å². The van der Waals surface area contributed by atoms with Crippen molar-refractivity contribution in [1.29, 1.82) is 0 Å². The van der Waals surface area contributed by atoms with Crippen molar-refractivity contribution in [2.24, 2.45) is 23.5 Å².